The lowest BCUT2D eigenvalue weighted by molar-refractivity contribution is -0.384. The summed E-state index contributed by atoms with van der Waals surface area (Å²) in [6, 6.07) is 5.34. The van der Waals surface area contributed by atoms with E-state index < -0.39 is 4.92 Å². The number of halogens is 1. The molecule has 1 aromatic rings. The van der Waals surface area contributed by atoms with Crippen LogP contribution in [0.1, 0.15) is 38.7 Å². The molecular formula is C13H19ClN2O2. The van der Waals surface area contributed by atoms with Crippen molar-refractivity contribution in [2.75, 3.05) is 0 Å². The predicted octanol–water partition coefficient (Wildman–Crippen LogP) is 3.92. The largest absolute Gasteiger partial charge is 0.310 e. The molecule has 0 aromatic heterocycles. The summed E-state index contributed by atoms with van der Waals surface area (Å²) in [7, 11) is 0. The van der Waals surface area contributed by atoms with Gasteiger partial charge in [0, 0.05) is 18.7 Å². The van der Waals surface area contributed by atoms with Crippen molar-refractivity contribution >= 4 is 17.3 Å². The van der Waals surface area contributed by atoms with Gasteiger partial charge in [-0.2, -0.15) is 0 Å². The van der Waals surface area contributed by atoms with Crippen molar-refractivity contribution in [3.8, 4) is 0 Å². The van der Waals surface area contributed by atoms with Crippen LogP contribution in [0.15, 0.2) is 18.2 Å². The summed E-state index contributed by atoms with van der Waals surface area (Å²) in [6.07, 6.45) is 3.49. The van der Waals surface area contributed by atoms with Gasteiger partial charge in [0.05, 0.1) is 4.92 Å². The minimum atomic E-state index is -0.452. The van der Waals surface area contributed by atoms with E-state index >= 15 is 0 Å². The van der Waals surface area contributed by atoms with E-state index in [0.29, 0.717) is 12.6 Å². The smallest absolute Gasteiger partial charge is 0.288 e. The molecule has 0 bridgehead atoms. The van der Waals surface area contributed by atoms with Crippen molar-refractivity contribution in [2.24, 2.45) is 0 Å². The Morgan fingerprint density at radius 1 is 1.50 bits per heavy atom. The lowest BCUT2D eigenvalue weighted by atomic mass is 10.1. The average Bonchev–Trinajstić information content (AvgIpc) is 2.35. The van der Waals surface area contributed by atoms with Crippen LogP contribution in [0.25, 0.3) is 0 Å². The van der Waals surface area contributed by atoms with Crippen molar-refractivity contribution in [1.82, 2.24) is 5.32 Å². The van der Waals surface area contributed by atoms with Crippen LogP contribution in [0, 0.1) is 10.1 Å². The summed E-state index contributed by atoms with van der Waals surface area (Å²) < 4.78 is 0. The zero-order chi connectivity index (χ0) is 13.5. The predicted molar refractivity (Wildman–Crippen MR) is 73.9 cm³/mol. The van der Waals surface area contributed by atoms with Gasteiger partial charge in [-0.3, -0.25) is 10.1 Å². The van der Waals surface area contributed by atoms with Crippen molar-refractivity contribution in [2.45, 2.75) is 45.7 Å². The standard InChI is InChI=1S/C13H19ClN2O2/c1-3-4-5-10(2)15-9-11-6-7-12(14)13(8-11)16(17)18/h6-8,10,15H,3-5,9H2,1-2H3. The number of nitrogens with one attached hydrogen (secondary N) is 1. The normalized spacial score (nSPS) is 12.4. The van der Waals surface area contributed by atoms with Gasteiger partial charge in [-0.15, -0.1) is 0 Å². The van der Waals surface area contributed by atoms with E-state index in [0.717, 1.165) is 12.0 Å². The highest BCUT2D eigenvalue weighted by atomic mass is 35.5. The van der Waals surface area contributed by atoms with Crippen LogP contribution in [0.5, 0.6) is 0 Å². The van der Waals surface area contributed by atoms with Gasteiger partial charge >= 0.3 is 0 Å². The van der Waals surface area contributed by atoms with Crippen LogP contribution in [0.2, 0.25) is 5.02 Å². The summed E-state index contributed by atoms with van der Waals surface area (Å²) in [5.41, 5.74) is 0.853. The number of unbranched alkanes of at least 4 members (excludes halogenated alkanes) is 1. The topological polar surface area (TPSA) is 55.2 Å². The van der Waals surface area contributed by atoms with Gasteiger partial charge < -0.3 is 5.32 Å². The lowest BCUT2D eigenvalue weighted by Crippen LogP contribution is -2.25. The van der Waals surface area contributed by atoms with Gasteiger partial charge in [0.15, 0.2) is 0 Å². The third-order valence-corrected chi connectivity index (χ3v) is 3.17. The van der Waals surface area contributed by atoms with Gasteiger partial charge in [-0.05, 0) is 25.0 Å². The van der Waals surface area contributed by atoms with Crippen LogP contribution < -0.4 is 5.32 Å². The maximum atomic E-state index is 10.8. The maximum Gasteiger partial charge on any atom is 0.288 e. The van der Waals surface area contributed by atoms with Crippen molar-refractivity contribution in [1.29, 1.82) is 0 Å². The molecule has 1 rings (SSSR count). The van der Waals surface area contributed by atoms with Gasteiger partial charge in [-0.25, -0.2) is 0 Å². The number of hydrogen-bond acceptors (Lipinski definition) is 3. The van der Waals surface area contributed by atoms with Gasteiger partial charge in [-0.1, -0.05) is 37.4 Å². The van der Waals surface area contributed by atoms with Crippen molar-refractivity contribution < 1.29 is 4.92 Å². The number of nitrogens with zero attached hydrogens (tertiary/aromatic N) is 1. The number of benzene rings is 1. The van der Waals surface area contributed by atoms with Gasteiger partial charge in [0.25, 0.3) is 5.69 Å². The Morgan fingerprint density at radius 3 is 2.83 bits per heavy atom. The Kier molecular flexibility index (Phi) is 6.09. The second-order valence-electron chi connectivity index (χ2n) is 4.47. The number of nitro groups is 1. The average molecular weight is 271 g/mol. The molecule has 5 heteroatoms. The Hall–Kier alpha value is -1.13. The van der Waals surface area contributed by atoms with Gasteiger partial charge in [0.1, 0.15) is 5.02 Å². The summed E-state index contributed by atoms with van der Waals surface area (Å²) in [5, 5.41) is 14.3. The van der Waals surface area contributed by atoms with E-state index in [1.807, 2.05) is 6.07 Å². The second kappa shape index (κ2) is 7.34. The van der Waals surface area contributed by atoms with Crippen molar-refractivity contribution in [3.63, 3.8) is 0 Å². The highest BCUT2D eigenvalue weighted by molar-refractivity contribution is 6.32. The first-order valence-corrected chi connectivity index (χ1v) is 6.58. The molecule has 1 atom stereocenters. The molecule has 0 spiro atoms. The molecule has 0 fully saturated rings. The Labute approximate surface area is 112 Å². The van der Waals surface area contributed by atoms with Crippen molar-refractivity contribution in [3.05, 3.63) is 38.9 Å². The van der Waals surface area contributed by atoms with E-state index in [1.54, 1.807) is 6.07 Å². The fraction of sp³-hybridized carbons (Fsp3) is 0.538. The fourth-order valence-corrected chi connectivity index (χ4v) is 1.90. The SMILES string of the molecule is CCCCC(C)NCc1ccc(Cl)c([N+](=O)[O-])c1. The second-order valence-corrected chi connectivity index (χ2v) is 4.87. The molecule has 0 saturated heterocycles. The van der Waals surface area contributed by atoms with Gasteiger partial charge in [0.2, 0.25) is 0 Å². The fourth-order valence-electron chi connectivity index (χ4n) is 1.71. The molecular weight excluding hydrogens is 252 g/mol. The summed E-state index contributed by atoms with van der Waals surface area (Å²) in [4.78, 5) is 10.3. The Bertz CT molecular complexity index is 410. The third-order valence-electron chi connectivity index (χ3n) is 2.85. The highest BCUT2D eigenvalue weighted by Crippen LogP contribution is 2.25. The molecule has 0 aliphatic rings. The monoisotopic (exact) mass is 270 g/mol. The Balaban J connectivity index is 2.57. The van der Waals surface area contributed by atoms with E-state index in [2.05, 4.69) is 19.2 Å². The molecule has 100 valence electrons. The summed E-state index contributed by atoms with van der Waals surface area (Å²) >= 11 is 5.76. The Morgan fingerprint density at radius 2 is 2.22 bits per heavy atom. The third kappa shape index (κ3) is 4.63. The molecule has 0 heterocycles. The zero-order valence-corrected chi connectivity index (χ0v) is 11.5. The minimum Gasteiger partial charge on any atom is -0.310 e. The zero-order valence-electron chi connectivity index (χ0n) is 10.8. The van der Waals surface area contributed by atoms with Crippen LogP contribution >= 0.6 is 11.6 Å². The molecule has 0 radical (unpaired) electrons. The quantitative estimate of drug-likeness (QED) is 0.603. The van der Waals surface area contributed by atoms with E-state index in [9.17, 15) is 10.1 Å². The molecule has 0 aliphatic carbocycles. The minimum absolute atomic E-state index is 0.0304. The molecule has 1 N–H and O–H groups in total. The van der Waals surface area contributed by atoms with Crippen LogP contribution in [-0.2, 0) is 6.54 Å². The maximum absolute atomic E-state index is 10.8. The summed E-state index contributed by atoms with van der Waals surface area (Å²) in [5.74, 6) is 0. The molecule has 0 amide bonds. The molecule has 1 aromatic carbocycles. The molecule has 4 nitrogen and oxygen atoms in total. The van der Waals surface area contributed by atoms with E-state index in [-0.39, 0.29) is 10.7 Å². The molecule has 0 aliphatic heterocycles. The van der Waals surface area contributed by atoms with Crippen LogP contribution in [-0.4, -0.2) is 11.0 Å². The molecule has 0 saturated carbocycles. The number of hydrogen-bond donors (Lipinski definition) is 1. The first-order valence-electron chi connectivity index (χ1n) is 6.20. The van der Waals surface area contributed by atoms with Crippen LogP contribution in [0.3, 0.4) is 0 Å². The first-order chi connectivity index (χ1) is 8.54. The van der Waals surface area contributed by atoms with E-state index in [4.69, 9.17) is 11.6 Å². The summed E-state index contributed by atoms with van der Waals surface area (Å²) in [6.45, 7) is 4.91. The number of nitro benzene ring substituents is 1. The highest BCUT2D eigenvalue weighted by Gasteiger charge is 2.12. The van der Waals surface area contributed by atoms with E-state index in [1.165, 1.54) is 18.9 Å². The number of rotatable bonds is 7. The first kappa shape index (κ1) is 14.9. The van der Waals surface area contributed by atoms with Crippen LogP contribution in [0.4, 0.5) is 5.69 Å². The lowest BCUT2D eigenvalue weighted by Gasteiger charge is -2.13. The molecule has 18 heavy (non-hydrogen) atoms. The molecule has 1 unspecified atom stereocenters.